The molecule has 0 saturated carbocycles. The van der Waals surface area contributed by atoms with Crippen molar-refractivity contribution in [3.05, 3.63) is 43.0 Å². The predicted molar refractivity (Wildman–Crippen MR) is 52.3 cm³/mol. The third kappa shape index (κ3) is 2.57. The van der Waals surface area contributed by atoms with Crippen LogP contribution in [0.25, 0.3) is 0 Å². The minimum absolute atomic E-state index is 0. The summed E-state index contributed by atoms with van der Waals surface area (Å²) in [4.78, 5) is 0. The zero-order valence-corrected chi connectivity index (χ0v) is 10.5. The van der Waals surface area contributed by atoms with Crippen molar-refractivity contribution < 1.29 is 23.2 Å². The molecule has 0 atom stereocenters. The van der Waals surface area contributed by atoms with Crippen molar-refractivity contribution in [2.45, 2.75) is 12.8 Å². The normalized spacial score (nSPS) is 18.7. The van der Waals surface area contributed by atoms with Gasteiger partial charge in [0.25, 0.3) is 0 Å². The maximum atomic E-state index is 2.32. The van der Waals surface area contributed by atoms with Crippen LogP contribution < -0.4 is 0 Å². The SMILES string of the molecule is C1=CC[C]([ZrH][C]2=CC=CC2)=C1.Cl. The largest absolute Gasteiger partial charge is 0.147 e. The molecule has 0 spiro atoms. The number of hydrogen-bond donors (Lipinski definition) is 0. The van der Waals surface area contributed by atoms with Crippen LogP contribution in [-0.4, -0.2) is 0 Å². The van der Waals surface area contributed by atoms with E-state index in [4.69, 9.17) is 0 Å². The Hall–Kier alpha value is 0.133. The maximum Gasteiger partial charge on any atom is -0.147 e. The zero-order valence-electron chi connectivity index (χ0n) is 6.86. The van der Waals surface area contributed by atoms with Crippen molar-refractivity contribution in [3.8, 4) is 0 Å². The molecule has 0 aliphatic heterocycles. The van der Waals surface area contributed by atoms with Gasteiger partial charge in [-0.05, 0) is 0 Å². The van der Waals surface area contributed by atoms with E-state index in [-0.39, 0.29) is 12.4 Å². The van der Waals surface area contributed by atoms with Gasteiger partial charge in [0.05, 0.1) is 0 Å². The van der Waals surface area contributed by atoms with Crippen molar-refractivity contribution in [1.82, 2.24) is 0 Å². The van der Waals surface area contributed by atoms with E-state index in [1.807, 2.05) is 0 Å². The summed E-state index contributed by atoms with van der Waals surface area (Å²) in [5, 5.41) is 0. The minimum Gasteiger partial charge on any atom is -0.147 e. The molecule has 0 N–H and O–H groups in total. The Morgan fingerprint density at radius 2 is 1.42 bits per heavy atom. The monoisotopic (exact) mass is 257 g/mol. The maximum absolute atomic E-state index is 2.32. The van der Waals surface area contributed by atoms with Crippen LogP contribution >= 0.6 is 12.4 Å². The Bertz CT molecular complexity index is 244. The molecule has 2 rings (SSSR count). The first-order chi connectivity index (χ1) is 5.45. The van der Waals surface area contributed by atoms with Gasteiger partial charge >= 0.3 is 79.1 Å². The van der Waals surface area contributed by atoms with Gasteiger partial charge in [-0.15, -0.1) is 12.4 Å². The molecule has 0 saturated heterocycles. The van der Waals surface area contributed by atoms with Gasteiger partial charge in [0.2, 0.25) is 0 Å². The summed E-state index contributed by atoms with van der Waals surface area (Å²) in [7, 11) is 0. The van der Waals surface area contributed by atoms with Crippen molar-refractivity contribution in [2.75, 3.05) is 0 Å². The first-order valence-corrected chi connectivity index (χ1v) is 6.85. The molecule has 0 amide bonds. The smallest absolute Gasteiger partial charge is 0.147 e. The quantitative estimate of drug-likeness (QED) is 0.715. The molecule has 0 aromatic heterocycles. The predicted octanol–water partition coefficient (Wildman–Crippen LogP) is 2.91. The molecule has 0 aromatic rings. The third-order valence-electron chi connectivity index (χ3n) is 1.97. The van der Waals surface area contributed by atoms with Crippen molar-refractivity contribution in [2.24, 2.45) is 0 Å². The fourth-order valence-corrected chi connectivity index (χ4v) is 4.82. The van der Waals surface area contributed by atoms with Crippen LogP contribution in [0.3, 0.4) is 0 Å². The molecule has 0 heterocycles. The summed E-state index contributed by atoms with van der Waals surface area (Å²) in [6, 6.07) is 0. The number of hydrogen-bond acceptors (Lipinski definition) is 0. The van der Waals surface area contributed by atoms with Crippen LogP contribution in [0.4, 0.5) is 0 Å². The second kappa shape index (κ2) is 4.99. The summed E-state index contributed by atoms with van der Waals surface area (Å²) in [5.74, 6) is 0. The summed E-state index contributed by atoms with van der Waals surface area (Å²) >= 11 is -0.487. The molecular formula is C10H12ClZr. The molecule has 12 heavy (non-hydrogen) atoms. The summed E-state index contributed by atoms with van der Waals surface area (Å²) in [5.41, 5.74) is 0. The van der Waals surface area contributed by atoms with E-state index in [1.54, 1.807) is 6.56 Å². The summed E-state index contributed by atoms with van der Waals surface area (Å²) in [6.45, 7) is 0. The molecule has 63 valence electrons. The molecule has 2 aliphatic carbocycles. The average Bonchev–Trinajstić information content (AvgIpc) is 2.60. The standard InChI is InChI=1S/2C5H5.ClH.Zr.H/c2*1-2-4-5-3-1;;;/h2*1-3H,4H2;1H;;. The number of halogens is 1. The third-order valence-corrected chi connectivity index (χ3v) is 5.90. The van der Waals surface area contributed by atoms with Gasteiger partial charge in [-0.3, -0.25) is 0 Å². The Morgan fingerprint density at radius 1 is 0.917 bits per heavy atom. The van der Waals surface area contributed by atoms with Crippen LogP contribution in [0.1, 0.15) is 12.8 Å². The molecule has 2 aliphatic rings. The molecule has 2 heteroatoms. The van der Waals surface area contributed by atoms with Crippen LogP contribution in [0, 0.1) is 0 Å². The van der Waals surface area contributed by atoms with E-state index in [0.29, 0.717) is 0 Å². The van der Waals surface area contributed by atoms with Gasteiger partial charge < -0.3 is 0 Å². The molecule has 0 unspecified atom stereocenters. The van der Waals surface area contributed by atoms with Crippen molar-refractivity contribution >= 4 is 12.4 Å². The first-order valence-electron chi connectivity index (χ1n) is 4.01. The Kier molecular flexibility index (Phi) is 4.25. The van der Waals surface area contributed by atoms with E-state index >= 15 is 0 Å². The average molecular weight is 259 g/mol. The number of allylic oxidation sites excluding steroid dienone is 8. The zero-order chi connectivity index (χ0) is 7.52. The summed E-state index contributed by atoms with van der Waals surface area (Å²) < 4.78 is 3.49. The van der Waals surface area contributed by atoms with Crippen LogP contribution in [-0.2, 0) is 23.2 Å². The Labute approximate surface area is 91.1 Å². The molecule has 0 fully saturated rings. The molecule has 0 nitrogen and oxygen atoms in total. The van der Waals surface area contributed by atoms with E-state index in [0.717, 1.165) is 0 Å². The summed E-state index contributed by atoms with van der Waals surface area (Å²) in [6.07, 6.45) is 16.1. The van der Waals surface area contributed by atoms with E-state index < -0.39 is 23.2 Å². The molecular weight excluding hydrogens is 247 g/mol. The van der Waals surface area contributed by atoms with E-state index in [9.17, 15) is 0 Å². The van der Waals surface area contributed by atoms with Crippen molar-refractivity contribution in [3.63, 3.8) is 0 Å². The van der Waals surface area contributed by atoms with Gasteiger partial charge in [-0.2, -0.15) is 0 Å². The molecule has 0 aromatic carbocycles. The minimum atomic E-state index is -0.487. The number of rotatable bonds is 2. The van der Waals surface area contributed by atoms with Gasteiger partial charge in [-0.25, -0.2) is 0 Å². The van der Waals surface area contributed by atoms with Gasteiger partial charge in [0, 0.05) is 0 Å². The van der Waals surface area contributed by atoms with Crippen LogP contribution in [0.2, 0.25) is 0 Å². The van der Waals surface area contributed by atoms with Crippen molar-refractivity contribution in [1.29, 1.82) is 0 Å². The fraction of sp³-hybridized carbons (Fsp3) is 0.200. The van der Waals surface area contributed by atoms with E-state index in [1.165, 1.54) is 12.8 Å². The van der Waals surface area contributed by atoms with Crippen LogP contribution in [0.5, 0.6) is 0 Å². The van der Waals surface area contributed by atoms with Gasteiger partial charge in [0.1, 0.15) is 0 Å². The van der Waals surface area contributed by atoms with E-state index in [2.05, 4.69) is 36.5 Å². The fourth-order valence-electron chi connectivity index (χ4n) is 1.38. The topological polar surface area (TPSA) is 0 Å². The first kappa shape index (κ1) is 10.2. The molecule has 0 radical (unpaired) electrons. The van der Waals surface area contributed by atoms with Crippen LogP contribution in [0.15, 0.2) is 43.0 Å². The van der Waals surface area contributed by atoms with Gasteiger partial charge in [0.15, 0.2) is 0 Å². The van der Waals surface area contributed by atoms with Gasteiger partial charge in [-0.1, -0.05) is 0 Å². The Morgan fingerprint density at radius 3 is 1.75 bits per heavy atom. The Balaban J connectivity index is 0.000000720. The molecule has 0 bridgehead atoms. The second-order valence-electron chi connectivity index (χ2n) is 2.89. The second-order valence-corrected chi connectivity index (χ2v) is 7.25.